The van der Waals surface area contributed by atoms with Gasteiger partial charge in [-0.05, 0) is 23.3 Å². The average molecular weight is 241 g/mol. The van der Waals surface area contributed by atoms with Crippen LogP contribution in [-0.2, 0) is 0 Å². The molecule has 0 saturated heterocycles. The third-order valence-corrected chi connectivity index (χ3v) is 3.24. The van der Waals surface area contributed by atoms with Crippen LogP contribution in [0, 0.1) is 5.41 Å². The Bertz CT molecular complexity index is 327. The number of carbonyl (C=O) groups excluding carboxylic acids is 1. The van der Waals surface area contributed by atoms with Crippen molar-refractivity contribution < 1.29 is 9.90 Å². The second kappa shape index (κ2) is 5.46. The molecule has 4 heteroatoms. The van der Waals surface area contributed by atoms with E-state index in [9.17, 15) is 4.79 Å². The Kier molecular flexibility index (Phi) is 4.50. The van der Waals surface area contributed by atoms with E-state index in [4.69, 9.17) is 5.11 Å². The summed E-state index contributed by atoms with van der Waals surface area (Å²) >= 11 is 1.51. The second-order valence-corrected chi connectivity index (χ2v) is 5.70. The topological polar surface area (TPSA) is 49.3 Å². The number of amides is 1. The number of thiophene rings is 1. The molecule has 1 aromatic rings. The van der Waals surface area contributed by atoms with Crippen LogP contribution in [-0.4, -0.2) is 23.7 Å². The van der Waals surface area contributed by atoms with Crippen LogP contribution in [0.2, 0.25) is 0 Å². The molecule has 0 aliphatic carbocycles. The van der Waals surface area contributed by atoms with Crippen LogP contribution in [0.5, 0.6) is 0 Å². The van der Waals surface area contributed by atoms with E-state index in [0.717, 1.165) is 0 Å². The van der Waals surface area contributed by atoms with Gasteiger partial charge >= 0.3 is 0 Å². The Hall–Kier alpha value is -0.870. The first-order valence-electron chi connectivity index (χ1n) is 5.39. The van der Waals surface area contributed by atoms with E-state index in [2.05, 4.69) is 26.1 Å². The Morgan fingerprint density at radius 1 is 1.56 bits per heavy atom. The van der Waals surface area contributed by atoms with E-state index < -0.39 is 0 Å². The molecule has 0 unspecified atom stereocenters. The highest BCUT2D eigenvalue weighted by atomic mass is 32.1. The molecule has 1 amide bonds. The molecule has 1 atom stereocenters. The summed E-state index contributed by atoms with van der Waals surface area (Å²) in [7, 11) is 0. The van der Waals surface area contributed by atoms with Crippen molar-refractivity contribution in [2.45, 2.75) is 33.2 Å². The lowest BCUT2D eigenvalue weighted by atomic mass is 9.85. The number of hydrogen-bond donors (Lipinski definition) is 2. The standard InChI is InChI=1S/C12H19NO2S/c1-12(2,3)10(4-6-14)13-11(15)9-5-7-16-8-9/h5,7-8,10,14H,4,6H2,1-3H3,(H,13,15)/t10-/m0/s1. The van der Waals surface area contributed by atoms with Gasteiger partial charge in [0.05, 0.1) is 0 Å². The lowest BCUT2D eigenvalue weighted by molar-refractivity contribution is 0.0885. The van der Waals surface area contributed by atoms with Crippen LogP contribution in [0.1, 0.15) is 37.6 Å². The van der Waals surface area contributed by atoms with E-state index in [-0.39, 0.29) is 24.0 Å². The van der Waals surface area contributed by atoms with Crippen LogP contribution in [0.4, 0.5) is 0 Å². The first kappa shape index (κ1) is 13.2. The summed E-state index contributed by atoms with van der Waals surface area (Å²) in [5, 5.41) is 15.7. The summed E-state index contributed by atoms with van der Waals surface area (Å²) < 4.78 is 0. The molecule has 16 heavy (non-hydrogen) atoms. The van der Waals surface area contributed by atoms with E-state index in [1.54, 1.807) is 6.07 Å². The molecule has 0 aromatic carbocycles. The Morgan fingerprint density at radius 3 is 2.69 bits per heavy atom. The predicted octanol–water partition coefficient (Wildman–Crippen LogP) is 2.28. The Morgan fingerprint density at radius 2 is 2.25 bits per heavy atom. The molecular formula is C12H19NO2S. The summed E-state index contributed by atoms with van der Waals surface area (Å²) in [6.07, 6.45) is 0.583. The lowest BCUT2D eigenvalue weighted by Gasteiger charge is -2.31. The maximum Gasteiger partial charge on any atom is 0.252 e. The van der Waals surface area contributed by atoms with Crippen molar-refractivity contribution in [1.82, 2.24) is 5.32 Å². The zero-order chi connectivity index (χ0) is 12.2. The summed E-state index contributed by atoms with van der Waals surface area (Å²) in [4.78, 5) is 11.9. The van der Waals surface area contributed by atoms with Gasteiger partial charge in [0.25, 0.3) is 5.91 Å². The largest absolute Gasteiger partial charge is 0.396 e. The quantitative estimate of drug-likeness (QED) is 0.849. The lowest BCUT2D eigenvalue weighted by Crippen LogP contribution is -2.44. The highest BCUT2D eigenvalue weighted by molar-refractivity contribution is 7.08. The maximum atomic E-state index is 11.9. The predicted molar refractivity (Wildman–Crippen MR) is 66.7 cm³/mol. The number of carbonyl (C=O) groups is 1. The number of aliphatic hydroxyl groups excluding tert-OH is 1. The van der Waals surface area contributed by atoms with Crippen LogP contribution in [0.15, 0.2) is 16.8 Å². The van der Waals surface area contributed by atoms with Crippen LogP contribution >= 0.6 is 11.3 Å². The minimum Gasteiger partial charge on any atom is -0.396 e. The third kappa shape index (κ3) is 3.61. The fourth-order valence-corrected chi connectivity index (χ4v) is 2.12. The van der Waals surface area contributed by atoms with Crippen LogP contribution < -0.4 is 5.32 Å². The molecular weight excluding hydrogens is 222 g/mol. The first-order chi connectivity index (χ1) is 7.45. The second-order valence-electron chi connectivity index (χ2n) is 4.92. The minimum atomic E-state index is -0.0605. The van der Waals surface area contributed by atoms with Crippen molar-refractivity contribution in [3.63, 3.8) is 0 Å². The molecule has 1 heterocycles. The van der Waals surface area contributed by atoms with Crippen LogP contribution in [0.3, 0.4) is 0 Å². The van der Waals surface area contributed by atoms with E-state index in [1.165, 1.54) is 11.3 Å². The summed E-state index contributed by atoms with van der Waals surface area (Å²) in [6, 6.07) is 1.79. The maximum absolute atomic E-state index is 11.9. The molecule has 0 saturated carbocycles. The number of rotatable bonds is 4. The van der Waals surface area contributed by atoms with Gasteiger partial charge in [-0.1, -0.05) is 20.8 Å². The Labute approximate surface area is 100 Å². The van der Waals surface area contributed by atoms with Gasteiger partial charge in [-0.15, -0.1) is 0 Å². The molecule has 90 valence electrons. The van der Waals surface area contributed by atoms with Crippen molar-refractivity contribution in [3.05, 3.63) is 22.4 Å². The minimum absolute atomic E-state index is 0.00935. The van der Waals surface area contributed by atoms with Gasteiger partial charge in [-0.3, -0.25) is 4.79 Å². The van der Waals surface area contributed by atoms with Crippen molar-refractivity contribution in [2.24, 2.45) is 5.41 Å². The first-order valence-corrected chi connectivity index (χ1v) is 6.33. The molecule has 0 spiro atoms. The highest BCUT2D eigenvalue weighted by Gasteiger charge is 2.25. The monoisotopic (exact) mass is 241 g/mol. The molecule has 3 nitrogen and oxygen atoms in total. The van der Waals surface area contributed by atoms with Crippen molar-refractivity contribution in [1.29, 1.82) is 0 Å². The van der Waals surface area contributed by atoms with Crippen LogP contribution in [0.25, 0.3) is 0 Å². The molecule has 1 rings (SSSR count). The van der Waals surface area contributed by atoms with E-state index in [1.807, 2.05) is 10.8 Å². The summed E-state index contributed by atoms with van der Waals surface area (Å²) in [5.74, 6) is -0.0605. The molecule has 2 N–H and O–H groups in total. The fourth-order valence-electron chi connectivity index (χ4n) is 1.49. The van der Waals surface area contributed by atoms with Gasteiger partial charge in [-0.25, -0.2) is 0 Å². The highest BCUT2D eigenvalue weighted by Crippen LogP contribution is 2.22. The number of hydrogen-bond acceptors (Lipinski definition) is 3. The fraction of sp³-hybridized carbons (Fsp3) is 0.583. The number of aliphatic hydroxyl groups is 1. The zero-order valence-electron chi connectivity index (χ0n) is 9.99. The van der Waals surface area contributed by atoms with Gasteiger partial charge in [0.1, 0.15) is 0 Å². The van der Waals surface area contributed by atoms with E-state index in [0.29, 0.717) is 12.0 Å². The molecule has 0 bridgehead atoms. The molecule has 0 fully saturated rings. The summed E-state index contributed by atoms with van der Waals surface area (Å²) in [5.41, 5.74) is 0.645. The normalized spacial score (nSPS) is 13.5. The van der Waals surface area contributed by atoms with Crippen molar-refractivity contribution in [2.75, 3.05) is 6.61 Å². The zero-order valence-corrected chi connectivity index (χ0v) is 10.8. The van der Waals surface area contributed by atoms with E-state index >= 15 is 0 Å². The van der Waals surface area contributed by atoms with Crippen molar-refractivity contribution in [3.8, 4) is 0 Å². The van der Waals surface area contributed by atoms with Gasteiger partial charge in [0.2, 0.25) is 0 Å². The SMILES string of the molecule is CC(C)(C)[C@H](CCO)NC(=O)c1ccsc1. The van der Waals surface area contributed by atoms with Gasteiger partial charge in [-0.2, -0.15) is 11.3 Å². The Balaban J connectivity index is 2.66. The smallest absolute Gasteiger partial charge is 0.252 e. The van der Waals surface area contributed by atoms with Crippen molar-refractivity contribution >= 4 is 17.2 Å². The van der Waals surface area contributed by atoms with Gasteiger partial charge in [0, 0.05) is 23.6 Å². The molecule has 0 radical (unpaired) electrons. The molecule has 0 aliphatic heterocycles. The molecule has 1 aromatic heterocycles. The molecule has 0 aliphatic rings. The third-order valence-electron chi connectivity index (χ3n) is 2.55. The van der Waals surface area contributed by atoms with Gasteiger partial charge < -0.3 is 10.4 Å². The van der Waals surface area contributed by atoms with Gasteiger partial charge in [0.15, 0.2) is 0 Å². The number of nitrogens with one attached hydrogen (secondary N) is 1. The average Bonchev–Trinajstić information content (AvgIpc) is 2.68. The summed E-state index contributed by atoms with van der Waals surface area (Å²) in [6.45, 7) is 6.26.